The van der Waals surface area contributed by atoms with Gasteiger partial charge in [0, 0.05) is 6.07 Å². The lowest BCUT2D eigenvalue weighted by Crippen LogP contribution is -2.01. The fourth-order valence-corrected chi connectivity index (χ4v) is 1.36. The van der Waals surface area contributed by atoms with Crippen LogP contribution in [0.2, 0.25) is 0 Å². The van der Waals surface area contributed by atoms with Crippen molar-refractivity contribution in [2.24, 2.45) is 0 Å². The van der Waals surface area contributed by atoms with E-state index in [1.807, 2.05) is 0 Å². The molecule has 0 fully saturated rings. The van der Waals surface area contributed by atoms with E-state index in [-0.39, 0.29) is 18.0 Å². The minimum atomic E-state index is -0.507. The van der Waals surface area contributed by atoms with Crippen LogP contribution in [0.25, 0.3) is 0 Å². The summed E-state index contributed by atoms with van der Waals surface area (Å²) < 4.78 is 5.03. The van der Waals surface area contributed by atoms with E-state index < -0.39 is 4.92 Å². The fourth-order valence-electron chi connectivity index (χ4n) is 1.36. The summed E-state index contributed by atoms with van der Waals surface area (Å²) in [5, 5.41) is 19.1. The average Bonchev–Trinajstić information content (AvgIpc) is 2.15. The van der Waals surface area contributed by atoms with E-state index in [1.54, 1.807) is 26.0 Å². The monoisotopic (exact) mass is 206 g/mol. The highest BCUT2D eigenvalue weighted by Crippen LogP contribution is 2.31. The third-order valence-corrected chi connectivity index (χ3v) is 1.88. The summed E-state index contributed by atoms with van der Waals surface area (Å²) in [5.74, 6) is 0.173. The molecule has 1 aromatic carbocycles. The first-order valence-corrected chi connectivity index (χ1v) is 4.31. The molecule has 78 valence electrons. The predicted molar refractivity (Wildman–Crippen MR) is 53.7 cm³/mol. The Labute approximate surface area is 87.1 Å². The van der Waals surface area contributed by atoms with Crippen molar-refractivity contribution in [1.82, 2.24) is 0 Å². The lowest BCUT2D eigenvalue weighted by Gasteiger charge is -2.07. The van der Waals surface area contributed by atoms with Crippen LogP contribution in [0.3, 0.4) is 0 Å². The van der Waals surface area contributed by atoms with Gasteiger partial charge in [-0.15, -0.1) is 0 Å². The Morgan fingerprint density at radius 3 is 2.73 bits per heavy atom. The van der Waals surface area contributed by atoms with Crippen molar-refractivity contribution in [3.63, 3.8) is 0 Å². The van der Waals surface area contributed by atoms with Crippen LogP contribution in [0.1, 0.15) is 11.1 Å². The first kappa shape index (κ1) is 11.0. The van der Waals surface area contributed by atoms with E-state index in [0.717, 1.165) is 5.56 Å². The van der Waals surface area contributed by atoms with Gasteiger partial charge in [0.25, 0.3) is 0 Å². The van der Waals surface area contributed by atoms with Crippen molar-refractivity contribution >= 4 is 5.69 Å². The van der Waals surface area contributed by atoms with Gasteiger partial charge in [-0.1, -0.05) is 6.07 Å². The molecule has 0 N–H and O–H groups in total. The molecule has 5 heteroatoms. The van der Waals surface area contributed by atoms with Gasteiger partial charge in [0.2, 0.25) is 5.75 Å². The molecule has 0 aliphatic rings. The SMILES string of the molecule is Cc1cc(C)c(OCC#N)c([N+](=O)[O-])c1. The van der Waals surface area contributed by atoms with E-state index in [9.17, 15) is 10.1 Å². The summed E-state index contributed by atoms with van der Waals surface area (Å²) >= 11 is 0. The molecular formula is C10H10N2O3. The van der Waals surface area contributed by atoms with Crippen molar-refractivity contribution in [1.29, 1.82) is 5.26 Å². The van der Waals surface area contributed by atoms with E-state index in [0.29, 0.717) is 5.56 Å². The Morgan fingerprint density at radius 1 is 1.53 bits per heavy atom. The summed E-state index contributed by atoms with van der Waals surface area (Å²) in [6.07, 6.45) is 0. The quantitative estimate of drug-likeness (QED) is 0.560. The first-order chi connectivity index (χ1) is 7.06. The molecule has 15 heavy (non-hydrogen) atoms. The van der Waals surface area contributed by atoms with Crippen LogP contribution >= 0.6 is 0 Å². The molecule has 0 unspecified atom stereocenters. The molecule has 0 saturated carbocycles. The van der Waals surface area contributed by atoms with Gasteiger partial charge < -0.3 is 4.74 Å². The molecule has 0 heterocycles. The Balaban J connectivity index is 3.22. The van der Waals surface area contributed by atoms with E-state index in [1.165, 1.54) is 6.07 Å². The zero-order valence-electron chi connectivity index (χ0n) is 8.48. The predicted octanol–water partition coefficient (Wildman–Crippen LogP) is 2.11. The van der Waals surface area contributed by atoms with E-state index in [2.05, 4.69) is 0 Å². The van der Waals surface area contributed by atoms with E-state index in [4.69, 9.17) is 10.00 Å². The van der Waals surface area contributed by atoms with Crippen LogP contribution in [0, 0.1) is 35.3 Å². The largest absolute Gasteiger partial charge is 0.471 e. The molecule has 1 rings (SSSR count). The van der Waals surface area contributed by atoms with Crippen molar-refractivity contribution in [2.75, 3.05) is 6.61 Å². The summed E-state index contributed by atoms with van der Waals surface area (Å²) in [6, 6.07) is 4.99. The second kappa shape index (κ2) is 4.42. The second-order valence-electron chi connectivity index (χ2n) is 3.13. The third-order valence-electron chi connectivity index (χ3n) is 1.88. The number of nitro benzene ring substituents is 1. The maximum absolute atomic E-state index is 10.7. The van der Waals surface area contributed by atoms with Gasteiger partial charge >= 0.3 is 5.69 Å². The standard InChI is InChI=1S/C10H10N2O3/c1-7-5-8(2)10(15-4-3-11)9(6-7)12(13)14/h5-6H,4H2,1-2H3. The van der Waals surface area contributed by atoms with Crippen molar-refractivity contribution < 1.29 is 9.66 Å². The van der Waals surface area contributed by atoms with Crippen LogP contribution in [-0.2, 0) is 0 Å². The zero-order chi connectivity index (χ0) is 11.4. The first-order valence-electron chi connectivity index (χ1n) is 4.31. The number of nitriles is 1. The topological polar surface area (TPSA) is 76.2 Å². The average molecular weight is 206 g/mol. The molecule has 0 aliphatic heterocycles. The third kappa shape index (κ3) is 2.44. The lowest BCUT2D eigenvalue weighted by molar-refractivity contribution is -0.385. The molecular weight excluding hydrogens is 196 g/mol. The molecule has 0 spiro atoms. The van der Waals surface area contributed by atoms with Crippen LogP contribution in [0.15, 0.2) is 12.1 Å². The number of rotatable bonds is 3. The molecule has 0 aromatic heterocycles. The maximum Gasteiger partial charge on any atom is 0.311 e. The molecule has 1 aromatic rings. The van der Waals surface area contributed by atoms with Gasteiger partial charge in [0.15, 0.2) is 6.61 Å². The summed E-state index contributed by atoms with van der Waals surface area (Å²) in [4.78, 5) is 10.2. The van der Waals surface area contributed by atoms with Crippen molar-refractivity contribution in [3.8, 4) is 11.8 Å². The van der Waals surface area contributed by atoms with Crippen molar-refractivity contribution in [2.45, 2.75) is 13.8 Å². The highest BCUT2D eigenvalue weighted by molar-refractivity contribution is 5.53. The van der Waals surface area contributed by atoms with Crippen LogP contribution in [0.4, 0.5) is 5.69 Å². The summed E-state index contributed by atoms with van der Waals surface area (Å²) in [7, 11) is 0. The lowest BCUT2D eigenvalue weighted by atomic mass is 10.1. The Kier molecular flexibility index (Phi) is 3.24. The number of ether oxygens (including phenoxy) is 1. The maximum atomic E-state index is 10.7. The highest BCUT2D eigenvalue weighted by atomic mass is 16.6. The number of hydrogen-bond acceptors (Lipinski definition) is 4. The molecule has 0 amide bonds. The van der Waals surface area contributed by atoms with Crippen LogP contribution in [-0.4, -0.2) is 11.5 Å². The Morgan fingerprint density at radius 2 is 2.20 bits per heavy atom. The fraction of sp³-hybridized carbons (Fsp3) is 0.300. The minimum absolute atomic E-state index is 0.0947. The van der Waals surface area contributed by atoms with Gasteiger partial charge in [-0.25, -0.2) is 0 Å². The Hall–Kier alpha value is -2.09. The van der Waals surface area contributed by atoms with Gasteiger partial charge in [0.1, 0.15) is 6.07 Å². The van der Waals surface area contributed by atoms with Gasteiger partial charge in [-0.2, -0.15) is 5.26 Å². The van der Waals surface area contributed by atoms with Gasteiger partial charge in [-0.3, -0.25) is 10.1 Å². The number of nitro groups is 1. The normalized spacial score (nSPS) is 9.40. The Bertz CT molecular complexity index is 435. The van der Waals surface area contributed by atoms with Gasteiger partial charge in [-0.05, 0) is 25.0 Å². The number of benzene rings is 1. The van der Waals surface area contributed by atoms with Crippen LogP contribution in [0.5, 0.6) is 5.75 Å². The number of aryl methyl sites for hydroxylation is 2. The summed E-state index contributed by atoms with van der Waals surface area (Å²) in [5.41, 5.74) is 1.36. The number of hydrogen-bond donors (Lipinski definition) is 0. The minimum Gasteiger partial charge on any atom is -0.471 e. The summed E-state index contributed by atoms with van der Waals surface area (Å²) in [6.45, 7) is 3.30. The second-order valence-corrected chi connectivity index (χ2v) is 3.13. The molecule has 0 bridgehead atoms. The van der Waals surface area contributed by atoms with Crippen molar-refractivity contribution in [3.05, 3.63) is 33.4 Å². The van der Waals surface area contributed by atoms with E-state index >= 15 is 0 Å². The smallest absolute Gasteiger partial charge is 0.311 e. The highest BCUT2D eigenvalue weighted by Gasteiger charge is 2.18. The molecule has 0 aliphatic carbocycles. The van der Waals surface area contributed by atoms with Gasteiger partial charge in [0.05, 0.1) is 4.92 Å². The van der Waals surface area contributed by atoms with Crippen LogP contribution < -0.4 is 4.74 Å². The molecule has 0 atom stereocenters. The zero-order valence-corrected chi connectivity index (χ0v) is 8.48. The molecule has 0 saturated heterocycles. The molecule has 0 radical (unpaired) electrons. The number of nitrogens with zero attached hydrogens (tertiary/aromatic N) is 2. The molecule has 5 nitrogen and oxygen atoms in total.